The van der Waals surface area contributed by atoms with E-state index in [-0.39, 0.29) is 10.9 Å². The smallest absolute Gasteiger partial charge is 0.240 e. The van der Waals surface area contributed by atoms with Crippen molar-refractivity contribution in [2.45, 2.75) is 45.1 Å². The van der Waals surface area contributed by atoms with Crippen LogP contribution in [0.2, 0.25) is 0 Å². The predicted molar refractivity (Wildman–Crippen MR) is 74.8 cm³/mol. The van der Waals surface area contributed by atoms with Gasteiger partial charge in [0.2, 0.25) is 10.0 Å². The monoisotopic (exact) mass is 270 g/mol. The van der Waals surface area contributed by atoms with E-state index in [1.807, 2.05) is 13.8 Å². The van der Waals surface area contributed by atoms with Crippen LogP contribution in [0.1, 0.15) is 32.8 Å². The minimum Gasteiger partial charge on any atom is -0.398 e. The maximum atomic E-state index is 12.1. The molecule has 0 spiro atoms. The Morgan fingerprint density at radius 1 is 1.28 bits per heavy atom. The van der Waals surface area contributed by atoms with E-state index >= 15 is 0 Å². The lowest BCUT2D eigenvalue weighted by Crippen LogP contribution is -2.33. The van der Waals surface area contributed by atoms with E-state index in [0.717, 1.165) is 12.0 Å². The van der Waals surface area contributed by atoms with E-state index in [4.69, 9.17) is 5.73 Å². The van der Waals surface area contributed by atoms with Crippen molar-refractivity contribution in [3.8, 4) is 0 Å². The molecule has 0 aliphatic heterocycles. The molecule has 0 bridgehead atoms. The van der Waals surface area contributed by atoms with Gasteiger partial charge in [0.15, 0.2) is 0 Å². The topological polar surface area (TPSA) is 72.2 Å². The third-order valence-electron chi connectivity index (χ3n) is 2.74. The summed E-state index contributed by atoms with van der Waals surface area (Å²) >= 11 is 0. The molecule has 0 aliphatic rings. The molecule has 1 rings (SSSR count). The normalized spacial score (nSPS) is 13.8. The number of nitrogens with two attached hydrogens (primary N) is 1. The third-order valence-corrected chi connectivity index (χ3v) is 4.33. The lowest BCUT2D eigenvalue weighted by atomic mass is 10.1. The Morgan fingerprint density at radius 3 is 2.39 bits per heavy atom. The van der Waals surface area contributed by atoms with E-state index in [1.165, 1.54) is 6.07 Å². The highest BCUT2D eigenvalue weighted by Gasteiger charge is 2.18. The fourth-order valence-electron chi connectivity index (χ4n) is 1.87. The number of hydrogen-bond donors (Lipinski definition) is 2. The largest absolute Gasteiger partial charge is 0.398 e. The molecule has 1 atom stereocenters. The highest BCUT2D eigenvalue weighted by Crippen LogP contribution is 2.18. The van der Waals surface area contributed by atoms with Crippen molar-refractivity contribution in [3.05, 3.63) is 23.8 Å². The lowest BCUT2D eigenvalue weighted by Gasteiger charge is -2.16. The van der Waals surface area contributed by atoms with Crippen LogP contribution in [0.3, 0.4) is 0 Å². The molecule has 0 fully saturated rings. The van der Waals surface area contributed by atoms with Gasteiger partial charge in [-0.05, 0) is 43.9 Å². The molecule has 1 aromatic carbocycles. The first kappa shape index (κ1) is 15.0. The van der Waals surface area contributed by atoms with E-state index in [2.05, 4.69) is 18.6 Å². The molecule has 102 valence electrons. The molecule has 0 saturated carbocycles. The summed E-state index contributed by atoms with van der Waals surface area (Å²) in [5, 5.41) is 0. The molecule has 1 unspecified atom stereocenters. The second-order valence-electron chi connectivity index (χ2n) is 5.17. The fraction of sp³-hybridized carbons (Fsp3) is 0.538. The van der Waals surface area contributed by atoms with Crippen molar-refractivity contribution >= 4 is 15.7 Å². The van der Waals surface area contributed by atoms with Crippen LogP contribution in [0.5, 0.6) is 0 Å². The number of rotatable bonds is 5. The third kappa shape index (κ3) is 3.99. The van der Waals surface area contributed by atoms with E-state index in [9.17, 15) is 8.42 Å². The van der Waals surface area contributed by atoms with Gasteiger partial charge in [0, 0.05) is 11.7 Å². The summed E-state index contributed by atoms with van der Waals surface area (Å²) in [7, 11) is -3.47. The maximum absolute atomic E-state index is 12.1. The van der Waals surface area contributed by atoms with Crippen LogP contribution in [-0.4, -0.2) is 14.5 Å². The van der Waals surface area contributed by atoms with Crippen LogP contribution >= 0.6 is 0 Å². The quantitative estimate of drug-likeness (QED) is 0.806. The molecule has 3 N–H and O–H groups in total. The van der Waals surface area contributed by atoms with Gasteiger partial charge in [-0.3, -0.25) is 0 Å². The first-order valence-electron chi connectivity index (χ1n) is 6.11. The summed E-state index contributed by atoms with van der Waals surface area (Å²) in [4.78, 5) is 0.223. The van der Waals surface area contributed by atoms with Crippen molar-refractivity contribution < 1.29 is 8.42 Å². The number of nitrogen functional groups attached to an aromatic ring is 1. The molecule has 1 aromatic rings. The molecule has 0 aromatic heterocycles. The molecule has 0 aliphatic carbocycles. The number of hydrogen-bond acceptors (Lipinski definition) is 3. The molecule has 5 heteroatoms. The van der Waals surface area contributed by atoms with Crippen LogP contribution in [0.15, 0.2) is 23.1 Å². The minimum absolute atomic E-state index is 0.0856. The van der Waals surface area contributed by atoms with Crippen molar-refractivity contribution in [2.24, 2.45) is 5.92 Å². The highest BCUT2D eigenvalue weighted by atomic mass is 32.2. The summed E-state index contributed by atoms with van der Waals surface area (Å²) in [6, 6.07) is 4.71. The van der Waals surface area contributed by atoms with Gasteiger partial charge in [0.25, 0.3) is 0 Å². The van der Waals surface area contributed by atoms with Crippen LogP contribution in [0.4, 0.5) is 5.69 Å². The number of sulfonamides is 1. The molecule has 4 nitrogen and oxygen atoms in total. The van der Waals surface area contributed by atoms with E-state index < -0.39 is 10.0 Å². The zero-order valence-corrected chi connectivity index (χ0v) is 12.2. The Labute approximate surface area is 110 Å². The van der Waals surface area contributed by atoms with Gasteiger partial charge in [-0.15, -0.1) is 0 Å². The first-order valence-corrected chi connectivity index (χ1v) is 7.59. The average molecular weight is 270 g/mol. The second-order valence-corrected chi connectivity index (χ2v) is 6.88. The second kappa shape index (κ2) is 5.71. The molecular formula is C13H22N2O2S. The van der Waals surface area contributed by atoms with Gasteiger partial charge in [-0.1, -0.05) is 19.9 Å². The predicted octanol–water partition coefficient (Wildman–Crippen LogP) is 2.29. The van der Waals surface area contributed by atoms with Crippen molar-refractivity contribution in [2.75, 3.05) is 5.73 Å². The number of nitrogens with one attached hydrogen (secondary N) is 1. The van der Waals surface area contributed by atoms with E-state index in [0.29, 0.717) is 11.6 Å². The number of anilines is 1. The summed E-state index contributed by atoms with van der Waals surface area (Å²) in [5.41, 5.74) is 7.11. The van der Waals surface area contributed by atoms with Crippen LogP contribution in [-0.2, 0) is 10.0 Å². The Balaban J connectivity index is 2.89. The minimum atomic E-state index is -3.47. The summed E-state index contributed by atoms with van der Waals surface area (Å²) in [6.07, 6.45) is 0.806. The van der Waals surface area contributed by atoms with Crippen molar-refractivity contribution in [1.29, 1.82) is 0 Å². The van der Waals surface area contributed by atoms with Gasteiger partial charge in [-0.25, -0.2) is 13.1 Å². The molecule has 0 saturated heterocycles. The summed E-state index contributed by atoms with van der Waals surface area (Å²) < 4.78 is 26.9. The Morgan fingerprint density at radius 2 is 1.89 bits per heavy atom. The fourth-order valence-corrected chi connectivity index (χ4v) is 3.17. The SMILES string of the molecule is Cc1ccc(S(=O)(=O)NC(C)CC(C)C)cc1N. The van der Waals surface area contributed by atoms with Crippen LogP contribution < -0.4 is 10.5 Å². The Kier molecular flexibility index (Phi) is 4.76. The molecule has 0 amide bonds. The maximum Gasteiger partial charge on any atom is 0.240 e. The van der Waals surface area contributed by atoms with E-state index in [1.54, 1.807) is 12.1 Å². The molecule has 18 heavy (non-hydrogen) atoms. The van der Waals surface area contributed by atoms with Crippen LogP contribution in [0.25, 0.3) is 0 Å². The summed E-state index contributed by atoms with van der Waals surface area (Å²) in [6.45, 7) is 7.85. The van der Waals surface area contributed by atoms with Gasteiger partial charge in [-0.2, -0.15) is 0 Å². The molecular weight excluding hydrogens is 248 g/mol. The zero-order chi connectivity index (χ0) is 13.9. The van der Waals surface area contributed by atoms with Crippen molar-refractivity contribution in [1.82, 2.24) is 4.72 Å². The van der Waals surface area contributed by atoms with Crippen LogP contribution in [0, 0.1) is 12.8 Å². The van der Waals surface area contributed by atoms with Gasteiger partial charge in [0.1, 0.15) is 0 Å². The molecule has 0 heterocycles. The van der Waals surface area contributed by atoms with Gasteiger partial charge in [0.05, 0.1) is 4.90 Å². The van der Waals surface area contributed by atoms with Gasteiger partial charge >= 0.3 is 0 Å². The number of benzene rings is 1. The zero-order valence-electron chi connectivity index (χ0n) is 11.4. The van der Waals surface area contributed by atoms with Crippen molar-refractivity contribution in [3.63, 3.8) is 0 Å². The lowest BCUT2D eigenvalue weighted by molar-refractivity contribution is 0.482. The first-order chi connectivity index (χ1) is 8.22. The Hall–Kier alpha value is -1.07. The van der Waals surface area contributed by atoms with Gasteiger partial charge < -0.3 is 5.73 Å². The standard InChI is InChI=1S/C13H22N2O2S/c1-9(2)7-11(4)15-18(16,17)12-6-5-10(3)13(14)8-12/h5-6,8-9,11,15H,7,14H2,1-4H3. The summed E-state index contributed by atoms with van der Waals surface area (Å²) in [5.74, 6) is 0.450. The molecule has 0 radical (unpaired) electrons. The number of aryl methyl sites for hydroxylation is 1. The average Bonchev–Trinajstić information content (AvgIpc) is 2.19. The Bertz CT molecular complexity index is 510. The highest BCUT2D eigenvalue weighted by molar-refractivity contribution is 7.89.